The molecule has 0 amide bonds. The molecular formula is C46H24N2O3S. The first-order valence-corrected chi connectivity index (χ1v) is 18.0. The number of para-hydroxylation sites is 3. The largest absolute Gasteiger partial charge is 0.456 e. The van der Waals surface area contributed by atoms with E-state index in [1.165, 1.54) is 0 Å². The lowest BCUT2D eigenvalue weighted by molar-refractivity contribution is 0.668. The SMILES string of the molecule is c1ccc2c(c1)oc1ccc(-c3nc(-c4cccc5oc6ccccc6c45)c4sc5cc(-c6cccc7oc8ccccc8c67)ccc5c4n3)cc12. The highest BCUT2D eigenvalue weighted by Crippen LogP contribution is 2.45. The average Bonchev–Trinajstić information content (AvgIpc) is 3.96. The summed E-state index contributed by atoms with van der Waals surface area (Å²) in [4.78, 5) is 10.7. The van der Waals surface area contributed by atoms with Crippen LogP contribution < -0.4 is 0 Å². The summed E-state index contributed by atoms with van der Waals surface area (Å²) in [5.74, 6) is 0.665. The second kappa shape index (κ2) is 10.4. The van der Waals surface area contributed by atoms with E-state index in [1.807, 2.05) is 60.7 Å². The van der Waals surface area contributed by atoms with Crippen molar-refractivity contribution in [3.63, 3.8) is 0 Å². The van der Waals surface area contributed by atoms with Crippen LogP contribution in [0, 0.1) is 0 Å². The Bertz CT molecular complexity index is 3440. The van der Waals surface area contributed by atoms with Crippen LogP contribution in [-0.2, 0) is 0 Å². The molecule has 0 saturated heterocycles. The Balaban J connectivity index is 1.14. The molecule has 5 nitrogen and oxygen atoms in total. The molecule has 5 heterocycles. The molecule has 0 fully saturated rings. The summed E-state index contributed by atoms with van der Waals surface area (Å²) in [5, 5.41) is 7.57. The van der Waals surface area contributed by atoms with Gasteiger partial charge in [0.25, 0.3) is 0 Å². The van der Waals surface area contributed by atoms with E-state index in [0.717, 1.165) is 114 Å². The fraction of sp³-hybridized carbons (Fsp3) is 0. The van der Waals surface area contributed by atoms with Gasteiger partial charge in [-0.3, -0.25) is 0 Å². The molecule has 0 radical (unpaired) electrons. The van der Waals surface area contributed by atoms with Gasteiger partial charge < -0.3 is 13.3 Å². The van der Waals surface area contributed by atoms with Gasteiger partial charge in [-0.2, -0.15) is 0 Å². The van der Waals surface area contributed by atoms with E-state index in [0.29, 0.717) is 5.82 Å². The molecule has 0 bridgehead atoms. The molecule has 12 aromatic rings. The predicted molar refractivity (Wildman–Crippen MR) is 213 cm³/mol. The Hall–Kier alpha value is -6.76. The number of furan rings is 3. The number of thiophene rings is 1. The lowest BCUT2D eigenvalue weighted by Crippen LogP contribution is -1.94. The van der Waals surface area contributed by atoms with E-state index in [4.69, 9.17) is 23.2 Å². The molecule has 0 saturated carbocycles. The minimum atomic E-state index is 0.665. The molecule has 5 aromatic heterocycles. The molecule has 0 aliphatic heterocycles. The maximum atomic E-state index is 6.35. The van der Waals surface area contributed by atoms with Crippen LogP contribution in [0.3, 0.4) is 0 Å². The Morgan fingerprint density at radius 1 is 0.404 bits per heavy atom. The number of benzene rings is 7. The van der Waals surface area contributed by atoms with Crippen molar-refractivity contribution in [1.29, 1.82) is 0 Å². The zero-order valence-electron chi connectivity index (χ0n) is 27.4. The number of fused-ring (bicyclic) bond motifs is 12. The molecule has 6 heteroatoms. The van der Waals surface area contributed by atoms with Crippen molar-refractivity contribution < 1.29 is 13.3 Å². The third-order valence-corrected chi connectivity index (χ3v) is 11.5. The Morgan fingerprint density at radius 3 is 1.73 bits per heavy atom. The van der Waals surface area contributed by atoms with Crippen molar-refractivity contribution in [2.45, 2.75) is 0 Å². The molecule has 7 aromatic carbocycles. The zero-order chi connectivity index (χ0) is 33.9. The number of hydrogen-bond donors (Lipinski definition) is 0. The van der Waals surface area contributed by atoms with Crippen molar-refractivity contribution in [2.75, 3.05) is 0 Å². The number of rotatable bonds is 3. The van der Waals surface area contributed by atoms with Crippen LogP contribution in [0.15, 0.2) is 159 Å². The number of aromatic nitrogens is 2. The quantitative estimate of drug-likeness (QED) is 0.185. The lowest BCUT2D eigenvalue weighted by Gasteiger charge is -2.08. The van der Waals surface area contributed by atoms with Crippen molar-refractivity contribution >= 4 is 97.5 Å². The fourth-order valence-electron chi connectivity index (χ4n) is 7.97. The van der Waals surface area contributed by atoms with Crippen LogP contribution in [0.25, 0.3) is 120 Å². The monoisotopic (exact) mass is 684 g/mol. The molecule has 0 spiro atoms. The van der Waals surface area contributed by atoms with Gasteiger partial charge in [-0.25, -0.2) is 9.97 Å². The van der Waals surface area contributed by atoms with Crippen LogP contribution >= 0.6 is 11.3 Å². The molecule has 0 aliphatic carbocycles. The molecule has 52 heavy (non-hydrogen) atoms. The molecule has 242 valence electrons. The van der Waals surface area contributed by atoms with Crippen LogP contribution in [0.2, 0.25) is 0 Å². The maximum Gasteiger partial charge on any atom is 0.160 e. The van der Waals surface area contributed by atoms with E-state index in [-0.39, 0.29) is 0 Å². The second-order valence-electron chi connectivity index (χ2n) is 13.2. The first kappa shape index (κ1) is 28.0. The van der Waals surface area contributed by atoms with Gasteiger partial charge in [0.2, 0.25) is 0 Å². The van der Waals surface area contributed by atoms with E-state index in [2.05, 4.69) is 84.9 Å². The Kier molecular flexibility index (Phi) is 5.59. The number of hydrogen-bond acceptors (Lipinski definition) is 6. The highest BCUT2D eigenvalue weighted by molar-refractivity contribution is 7.26. The number of nitrogens with zero attached hydrogens (tertiary/aromatic N) is 2. The van der Waals surface area contributed by atoms with Crippen molar-refractivity contribution in [3.8, 4) is 33.8 Å². The van der Waals surface area contributed by atoms with Crippen LogP contribution in [0.5, 0.6) is 0 Å². The van der Waals surface area contributed by atoms with Crippen LogP contribution in [0.4, 0.5) is 0 Å². The van der Waals surface area contributed by atoms with E-state index in [9.17, 15) is 0 Å². The molecule has 0 unspecified atom stereocenters. The van der Waals surface area contributed by atoms with E-state index in [1.54, 1.807) is 11.3 Å². The van der Waals surface area contributed by atoms with Gasteiger partial charge in [0.05, 0.1) is 15.9 Å². The van der Waals surface area contributed by atoms with Gasteiger partial charge >= 0.3 is 0 Å². The van der Waals surface area contributed by atoms with Gasteiger partial charge in [0, 0.05) is 53.5 Å². The standard InChI is InChI=1S/C46H24N2O3S/c1-4-14-34-28(9-1)33-23-26(20-22-37(33)49-34)46-47-43-31-21-19-25(27-12-7-17-38-41(27)29-10-2-5-15-35(29)50-38)24-40(31)52-45(43)44(48-46)32-13-8-18-39-42(32)30-11-3-6-16-36(30)51-39/h1-24H. The normalized spacial score (nSPS) is 12.2. The minimum absolute atomic E-state index is 0.665. The van der Waals surface area contributed by atoms with Crippen LogP contribution in [0.1, 0.15) is 0 Å². The van der Waals surface area contributed by atoms with Gasteiger partial charge in [-0.15, -0.1) is 11.3 Å². The van der Waals surface area contributed by atoms with Crippen molar-refractivity contribution in [3.05, 3.63) is 146 Å². The van der Waals surface area contributed by atoms with Gasteiger partial charge in [0.15, 0.2) is 5.82 Å². The smallest absolute Gasteiger partial charge is 0.160 e. The Morgan fingerprint density at radius 2 is 0.981 bits per heavy atom. The van der Waals surface area contributed by atoms with Crippen LogP contribution in [-0.4, -0.2) is 9.97 Å². The fourth-order valence-corrected chi connectivity index (χ4v) is 9.16. The lowest BCUT2D eigenvalue weighted by atomic mass is 9.98. The van der Waals surface area contributed by atoms with Gasteiger partial charge in [-0.05, 0) is 65.7 Å². The Labute approximate surface area is 299 Å². The molecular weight excluding hydrogens is 661 g/mol. The maximum absolute atomic E-state index is 6.35. The average molecular weight is 685 g/mol. The molecule has 12 rings (SSSR count). The second-order valence-corrected chi connectivity index (χ2v) is 14.3. The summed E-state index contributed by atoms with van der Waals surface area (Å²) < 4.78 is 20.9. The summed E-state index contributed by atoms with van der Waals surface area (Å²) in [6.07, 6.45) is 0. The summed E-state index contributed by atoms with van der Waals surface area (Å²) in [6.45, 7) is 0. The summed E-state index contributed by atoms with van der Waals surface area (Å²) >= 11 is 1.74. The highest BCUT2D eigenvalue weighted by atomic mass is 32.1. The van der Waals surface area contributed by atoms with Gasteiger partial charge in [-0.1, -0.05) is 91.0 Å². The highest BCUT2D eigenvalue weighted by Gasteiger charge is 2.22. The molecule has 0 aliphatic rings. The third-order valence-electron chi connectivity index (χ3n) is 10.3. The minimum Gasteiger partial charge on any atom is -0.456 e. The van der Waals surface area contributed by atoms with E-state index >= 15 is 0 Å². The molecule has 0 atom stereocenters. The summed E-state index contributed by atoms with van der Waals surface area (Å²) in [6, 6.07) is 50.1. The third kappa shape index (κ3) is 3.92. The topological polar surface area (TPSA) is 65.2 Å². The van der Waals surface area contributed by atoms with Crippen molar-refractivity contribution in [1.82, 2.24) is 9.97 Å². The predicted octanol–water partition coefficient (Wildman–Crippen LogP) is 13.5. The summed E-state index contributed by atoms with van der Waals surface area (Å²) in [7, 11) is 0. The van der Waals surface area contributed by atoms with Gasteiger partial charge in [0.1, 0.15) is 33.5 Å². The molecule has 0 N–H and O–H groups in total. The zero-order valence-corrected chi connectivity index (χ0v) is 28.2. The van der Waals surface area contributed by atoms with Crippen molar-refractivity contribution in [2.24, 2.45) is 0 Å². The first-order chi connectivity index (χ1) is 25.7. The summed E-state index contributed by atoms with van der Waals surface area (Å²) in [5.41, 5.74) is 11.2. The van der Waals surface area contributed by atoms with E-state index < -0.39 is 0 Å². The first-order valence-electron chi connectivity index (χ1n) is 17.2.